The normalized spacial score (nSPS) is 15.4. The number of aryl methyl sites for hydroxylation is 1. The van der Waals surface area contributed by atoms with E-state index in [1.165, 1.54) is 22.3 Å². The predicted molar refractivity (Wildman–Crippen MR) is 107 cm³/mol. The van der Waals surface area contributed by atoms with Crippen LogP contribution in [-0.4, -0.2) is 42.5 Å². The van der Waals surface area contributed by atoms with Gasteiger partial charge < -0.3 is 5.32 Å². The van der Waals surface area contributed by atoms with Crippen molar-refractivity contribution >= 4 is 33.4 Å². The van der Waals surface area contributed by atoms with Crippen molar-refractivity contribution in [2.45, 2.75) is 36.1 Å². The molecule has 144 valence electrons. The first-order chi connectivity index (χ1) is 13.0. The lowest BCUT2D eigenvalue weighted by atomic mass is 10.2. The number of hydrogen-bond acceptors (Lipinski definition) is 5. The Morgan fingerprint density at radius 1 is 1.15 bits per heavy atom. The summed E-state index contributed by atoms with van der Waals surface area (Å²) in [5.41, 5.74) is 1.79. The van der Waals surface area contributed by atoms with Gasteiger partial charge >= 0.3 is 0 Å². The van der Waals surface area contributed by atoms with Crippen molar-refractivity contribution < 1.29 is 13.2 Å². The summed E-state index contributed by atoms with van der Waals surface area (Å²) in [4.78, 5) is 16.5. The van der Waals surface area contributed by atoms with Crippen LogP contribution < -0.4 is 5.32 Å². The molecule has 0 atom stereocenters. The molecule has 2 aromatic rings. The summed E-state index contributed by atoms with van der Waals surface area (Å²) in [6.45, 7) is 3.07. The molecule has 1 amide bonds. The highest BCUT2D eigenvalue weighted by atomic mass is 32.2. The highest BCUT2D eigenvalue weighted by molar-refractivity contribution is 7.99. The average molecular weight is 406 g/mol. The topological polar surface area (TPSA) is 79.4 Å². The second kappa shape index (κ2) is 8.86. The Hall–Kier alpha value is -1.90. The van der Waals surface area contributed by atoms with Crippen molar-refractivity contribution in [1.29, 1.82) is 0 Å². The van der Waals surface area contributed by atoms with E-state index in [1.807, 2.05) is 31.2 Å². The van der Waals surface area contributed by atoms with Crippen molar-refractivity contribution in [1.82, 2.24) is 9.29 Å². The Kier molecular flexibility index (Phi) is 6.51. The zero-order valence-corrected chi connectivity index (χ0v) is 16.9. The minimum absolute atomic E-state index is 0.124. The van der Waals surface area contributed by atoms with E-state index < -0.39 is 10.0 Å². The number of anilines is 1. The van der Waals surface area contributed by atoms with Crippen LogP contribution in [0.5, 0.6) is 0 Å². The SMILES string of the molecule is Cc1ccccc1NC(=O)CSc1ccc(S(=O)(=O)N2CCCCC2)cn1. The fourth-order valence-corrected chi connectivity index (χ4v) is 5.00. The van der Waals surface area contributed by atoms with Gasteiger partial charge in [-0.3, -0.25) is 4.79 Å². The van der Waals surface area contributed by atoms with Gasteiger partial charge in [0.1, 0.15) is 4.90 Å². The van der Waals surface area contributed by atoms with E-state index in [2.05, 4.69) is 10.3 Å². The van der Waals surface area contributed by atoms with Crippen LogP contribution in [0.2, 0.25) is 0 Å². The molecule has 0 unspecified atom stereocenters. The number of carbonyl (C=O) groups is 1. The largest absolute Gasteiger partial charge is 0.325 e. The summed E-state index contributed by atoms with van der Waals surface area (Å²) in [6, 6.07) is 10.8. The molecule has 1 aliphatic rings. The van der Waals surface area contributed by atoms with Gasteiger partial charge in [-0.2, -0.15) is 4.31 Å². The molecular formula is C19H23N3O3S2. The van der Waals surface area contributed by atoms with Crippen LogP contribution in [0.4, 0.5) is 5.69 Å². The van der Waals surface area contributed by atoms with E-state index in [1.54, 1.807) is 12.1 Å². The van der Waals surface area contributed by atoms with Crippen LogP contribution in [0, 0.1) is 6.92 Å². The number of thioether (sulfide) groups is 1. The molecule has 0 spiro atoms. The van der Waals surface area contributed by atoms with E-state index in [0.717, 1.165) is 30.5 Å². The second-order valence-corrected chi connectivity index (χ2v) is 9.38. The van der Waals surface area contributed by atoms with Crippen molar-refractivity contribution in [2.75, 3.05) is 24.2 Å². The molecular weight excluding hydrogens is 382 g/mol. The number of benzene rings is 1. The maximum absolute atomic E-state index is 12.6. The van der Waals surface area contributed by atoms with Gasteiger partial charge in [0.25, 0.3) is 0 Å². The van der Waals surface area contributed by atoms with E-state index in [-0.39, 0.29) is 16.6 Å². The van der Waals surface area contributed by atoms with Gasteiger partial charge in [-0.25, -0.2) is 13.4 Å². The molecule has 1 saturated heterocycles. The molecule has 1 aliphatic heterocycles. The molecule has 6 nitrogen and oxygen atoms in total. The highest BCUT2D eigenvalue weighted by Crippen LogP contribution is 2.22. The van der Waals surface area contributed by atoms with Gasteiger partial charge in [0.15, 0.2) is 0 Å². The Morgan fingerprint density at radius 3 is 2.56 bits per heavy atom. The zero-order chi connectivity index (χ0) is 19.3. The molecule has 8 heteroatoms. The van der Waals surface area contributed by atoms with E-state index in [4.69, 9.17) is 0 Å². The minimum Gasteiger partial charge on any atom is -0.325 e. The smallest absolute Gasteiger partial charge is 0.244 e. The Morgan fingerprint density at radius 2 is 1.89 bits per heavy atom. The number of aromatic nitrogens is 1. The predicted octanol–water partition coefficient (Wildman–Crippen LogP) is 3.30. The van der Waals surface area contributed by atoms with Crippen molar-refractivity contribution in [2.24, 2.45) is 0 Å². The zero-order valence-electron chi connectivity index (χ0n) is 15.2. The number of carbonyl (C=O) groups excluding carboxylic acids is 1. The average Bonchev–Trinajstić information content (AvgIpc) is 2.69. The summed E-state index contributed by atoms with van der Waals surface area (Å²) in [5.74, 6) is 0.0839. The number of nitrogens with one attached hydrogen (secondary N) is 1. The second-order valence-electron chi connectivity index (χ2n) is 6.45. The number of sulfonamides is 1. The van der Waals surface area contributed by atoms with E-state index in [9.17, 15) is 13.2 Å². The van der Waals surface area contributed by atoms with Crippen LogP contribution in [0.15, 0.2) is 52.5 Å². The number of rotatable bonds is 6. The number of pyridine rings is 1. The summed E-state index contributed by atoms with van der Waals surface area (Å²) >= 11 is 1.28. The van der Waals surface area contributed by atoms with Crippen LogP contribution in [0.3, 0.4) is 0 Å². The maximum atomic E-state index is 12.6. The Bertz CT molecular complexity index is 893. The van der Waals surface area contributed by atoms with Crippen molar-refractivity contribution in [3.05, 3.63) is 48.2 Å². The highest BCUT2D eigenvalue weighted by Gasteiger charge is 2.26. The third-order valence-corrected chi connectivity index (χ3v) is 7.26. The monoisotopic (exact) mass is 405 g/mol. The first-order valence-corrected chi connectivity index (χ1v) is 11.3. The van der Waals surface area contributed by atoms with Crippen LogP contribution >= 0.6 is 11.8 Å². The molecule has 2 heterocycles. The fraction of sp³-hybridized carbons (Fsp3) is 0.368. The van der Waals surface area contributed by atoms with Gasteiger partial charge in [-0.15, -0.1) is 0 Å². The third-order valence-electron chi connectivity index (χ3n) is 4.43. The van der Waals surface area contributed by atoms with Gasteiger partial charge in [0.2, 0.25) is 15.9 Å². The maximum Gasteiger partial charge on any atom is 0.244 e. The fourth-order valence-electron chi connectivity index (χ4n) is 2.90. The molecule has 0 bridgehead atoms. The lowest BCUT2D eigenvalue weighted by Crippen LogP contribution is -2.35. The van der Waals surface area contributed by atoms with Gasteiger partial charge in [0.05, 0.1) is 10.8 Å². The van der Waals surface area contributed by atoms with Gasteiger partial charge in [-0.1, -0.05) is 36.4 Å². The van der Waals surface area contributed by atoms with Gasteiger partial charge in [0, 0.05) is 25.0 Å². The lowest BCUT2D eigenvalue weighted by molar-refractivity contribution is -0.113. The van der Waals surface area contributed by atoms with Crippen molar-refractivity contribution in [3.8, 4) is 0 Å². The Balaban J connectivity index is 1.57. The summed E-state index contributed by atoms with van der Waals surface area (Å²) in [7, 11) is -3.47. The third kappa shape index (κ3) is 5.09. The summed E-state index contributed by atoms with van der Waals surface area (Å²) in [6.07, 6.45) is 4.25. The van der Waals surface area contributed by atoms with E-state index in [0.29, 0.717) is 18.1 Å². The standard InChI is InChI=1S/C19H23N3O3S2/c1-15-7-3-4-8-17(15)21-18(23)14-26-19-10-9-16(13-20-19)27(24,25)22-11-5-2-6-12-22/h3-4,7-10,13H,2,5-6,11-12,14H2,1H3,(H,21,23). The number of amides is 1. The minimum atomic E-state index is -3.47. The quantitative estimate of drug-likeness (QED) is 0.746. The number of piperidine rings is 1. The van der Waals surface area contributed by atoms with Gasteiger partial charge in [-0.05, 0) is 43.5 Å². The number of para-hydroxylation sites is 1. The number of nitrogens with zero attached hydrogens (tertiary/aromatic N) is 2. The first kappa shape index (κ1) is 19.9. The van der Waals surface area contributed by atoms with Crippen LogP contribution in [0.1, 0.15) is 24.8 Å². The molecule has 27 heavy (non-hydrogen) atoms. The molecule has 0 radical (unpaired) electrons. The van der Waals surface area contributed by atoms with Crippen LogP contribution in [-0.2, 0) is 14.8 Å². The number of hydrogen-bond donors (Lipinski definition) is 1. The molecule has 1 fully saturated rings. The molecule has 1 N–H and O–H groups in total. The summed E-state index contributed by atoms with van der Waals surface area (Å²) in [5, 5.41) is 3.49. The molecule has 0 aliphatic carbocycles. The lowest BCUT2D eigenvalue weighted by Gasteiger charge is -2.25. The van der Waals surface area contributed by atoms with E-state index >= 15 is 0 Å². The molecule has 1 aromatic carbocycles. The van der Waals surface area contributed by atoms with Crippen molar-refractivity contribution in [3.63, 3.8) is 0 Å². The van der Waals surface area contributed by atoms with Crippen LogP contribution in [0.25, 0.3) is 0 Å². The molecule has 1 aromatic heterocycles. The Labute approximate surface area is 164 Å². The first-order valence-electron chi connectivity index (χ1n) is 8.91. The molecule has 0 saturated carbocycles. The summed E-state index contributed by atoms with van der Waals surface area (Å²) < 4.78 is 26.8. The molecule has 3 rings (SSSR count).